The molecule has 0 aromatic heterocycles. The van der Waals surface area contributed by atoms with Gasteiger partial charge in [-0.25, -0.2) is 0 Å². The molecule has 138 valence electrons. The SMILES string of the molecule is CCc1ccc(C(C)N/C=C(/C#N)C(=O)Nc2ccccc2[N+](=O)[O-])cc1. The third-order valence-electron chi connectivity index (χ3n) is 4.08. The minimum absolute atomic E-state index is 0.0388. The van der Waals surface area contributed by atoms with Crippen molar-refractivity contribution >= 4 is 17.3 Å². The lowest BCUT2D eigenvalue weighted by molar-refractivity contribution is -0.383. The zero-order valence-electron chi connectivity index (χ0n) is 15.1. The number of nitro groups is 1. The molecule has 0 saturated carbocycles. The first kappa shape index (κ1) is 19.7. The Labute approximate surface area is 157 Å². The lowest BCUT2D eigenvalue weighted by atomic mass is 10.1. The number of hydrogen-bond acceptors (Lipinski definition) is 5. The third kappa shape index (κ3) is 5.16. The van der Waals surface area contributed by atoms with Crippen LogP contribution in [0, 0.1) is 21.4 Å². The van der Waals surface area contributed by atoms with Crippen LogP contribution in [0.3, 0.4) is 0 Å². The number of carbonyl (C=O) groups is 1. The Hall–Kier alpha value is -3.66. The monoisotopic (exact) mass is 364 g/mol. The van der Waals surface area contributed by atoms with E-state index in [-0.39, 0.29) is 23.0 Å². The molecule has 0 heterocycles. The maximum Gasteiger partial charge on any atom is 0.292 e. The van der Waals surface area contributed by atoms with Crippen LogP contribution < -0.4 is 10.6 Å². The second-order valence-electron chi connectivity index (χ2n) is 5.88. The van der Waals surface area contributed by atoms with Gasteiger partial charge in [0, 0.05) is 18.3 Å². The maximum absolute atomic E-state index is 12.3. The van der Waals surface area contributed by atoms with E-state index in [4.69, 9.17) is 0 Å². The maximum atomic E-state index is 12.3. The number of nitrogens with one attached hydrogen (secondary N) is 2. The molecule has 2 N–H and O–H groups in total. The van der Waals surface area contributed by atoms with Crippen molar-refractivity contribution in [3.05, 3.63) is 81.5 Å². The van der Waals surface area contributed by atoms with E-state index in [0.717, 1.165) is 12.0 Å². The molecule has 0 aliphatic carbocycles. The average Bonchev–Trinajstić information content (AvgIpc) is 2.68. The quantitative estimate of drug-likeness (QED) is 0.336. The van der Waals surface area contributed by atoms with Crippen LogP contribution in [0.5, 0.6) is 0 Å². The van der Waals surface area contributed by atoms with E-state index < -0.39 is 10.8 Å². The second kappa shape index (κ2) is 9.15. The Bertz CT molecular complexity index is 898. The summed E-state index contributed by atoms with van der Waals surface area (Å²) >= 11 is 0. The van der Waals surface area contributed by atoms with Crippen molar-refractivity contribution in [1.29, 1.82) is 5.26 Å². The number of para-hydroxylation sites is 2. The van der Waals surface area contributed by atoms with Gasteiger partial charge in [-0.3, -0.25) is 14.9 Å². The number of rotatable bonds is 7. The summed E-state index contributed by atoms with van der Waals surface area (Å²) in [5.41, 5.74) is 1.87. The summed E-state index contributed by atoms with van der Waals surface area (Å²) in [6.07, 6.45) is 2.27. The Balaban J connectivity index is 2.10. The van der Waals surface area contributed by atoms with Gasteiger partial charge in [0.15, 0.2) is 0 Å². The lowest BCUT2D eigenvalue weighted by Crippen LogP contribution is -2.19. The Morgan fingerprint density at radius 2 is 1.93 bits per heavy atom. The molecule has 2 aromatic rings. The molecule has 0 fully saturated rings. The highest BCUT2D eigenvalue weighted by Crippen LogP contribution is 2.23. The van der Waals surface area contributed by atoms with Gasteiger partial charge in [-0.15, -0.1) is 0 Å². The van der Waals surface area contributed by atoms with Gasteiger partial charge in [0.25, 0.3) is 11.6 Å². The Morgan fingerprint density at radius 1 is 1.26 bits per heavy atom. The van der Waals surface area contributed by atoms with E-state index in [2.05, 4.69) is 17.6 Å². The van der Waals surface area contributed by atoms with E-state index in [0.29, 0.717) is 0 Å². The molecule has 0 aliphatic rings. The largest absolute Gasteiger partial charge is 0.383 e. The number of nitriles is 1. The van der Waals surface area contributed by atoms with Crippen molar-refractivity contribution in [2.45, 2.75) is 26.3 Å². The number of hydrogen-bond donors (Lipinski definition) is 2. The molecule has 27 heavy (non-hydrogen) atoms. The first-order valence-electron chi connectivity index (χ1n) is 8.46. The topological polar surface area (TPSA) is 108 Å². The van der Waals surface area contributed by atoms with Crippen LogP contribution in [-0.4, -0.2) is 10.8 Å². The fraction of sp³-hybridized carbons (Fsp3) is 0.200. The zero-order valence-corrected chi connectivity index (χ0v) is 15.1. The van der Waals surface area contributed by atoms with Crippen molar-refractivity contribution in [1.82, 2.24) is 5.32 Å². The van der Waals surface area contributed by atoms with Gasteiger partial charge in [0.05, 0.1) is 4.92 Å². The van der Waals surface area contributed by atoms with E-state index in [1.165, 1.54) is 30.0 Å². The molecule has 0 aliphatic heterocycles. The van der Waals surface area contributed by atoms with Gasteiger partial charge in [-0.05, 0) is 30.5 Å². The van der Waals surface area contributed by atoms with E-state index in [1.807, 2.05) is 37.3 Å². The van der Waals surface area contributed by atoms with Crippen molar-refractivity contribution in [2.24, 2.45) is 0 Å². The van der Waals surface area contributed by atoms with Crippen molar-refractivity contribution in [3.8, 4) is 6.07 Å². The summed E-state index contributed by atoms with van der Waals surface area (Å²) < 4.78 is 0. The molecule has 0 spiro atoms. The number of nitro benzene ring substituents is 1. The summed E-state index contributed by atoms with van der Waals surface area (Å²) in [4.78, 5) is 22.7. The summed E-state index contributed by atoms with van der Waals surface area (Å²) in [7, 11) is 0. The summed E-state index contributed by atoms with van der Waals surface area (Å²) in [5.74, 6) is -0.715. The summed E-state index contributed by atoms with van der Waals surface area (Å²) in [6, 6.07) is 15.5. The van der Waals surface area contributed by atoms with E-state index in [1.54, 1.807) is 6.07 Å². The molecule has 1 unspecified atom stereocenters. The van der Waals surface area contributed by atoms with Crippen LogP contribution in [0.2, 0.25) is 0 Å². The van der Waals surface area contributed by atoms with Gasteiger partial charge in [0.1, 0.15) is 17.3 Å². The van der Waals surface area contributed by atoms with Crippen LogP contribution >= 0.6 is 0 Å². The number of anilines is 1. The van der Waals surface area contributed by atoms with Crippen LogP contribution in [-0.2, 0) is 11.2 Å². The van der Waals surface area contributed by atoms with E-state index in [9.17, 15) is 20.2 Å². The smallest absolute Gasteiger partial charge is 0.292 e. The molecule has 0 radical (unpaired) electrons. The second-order valence-corrected chi connectivity index (χ2v) is 5.88. The standard InChI is InChI=1S/C20H20N4O3/c1-3-15-8-10-16(11-9-15)14(2)22-13-17(12-21)20(25)23-18-6-4-5-7-19(18)24(26)27/h4-11,13-14,22H,3H2,1-2H3,(H,23,25)/b17-13-. The van der Waals surface area contributed by atoms with Gasteiger partial charge in [0.2, 0.25) is 0 Å². The zero-order chi connectivity index (χ0) is 19.8. The summed E-state index contributed by atoms with van der Waals surface area (Å²) in [5, 5.41) is 25.7. The van der Waals surface area contributed by atoms with Crippen LogP contribution in [0.4, 0.5) is 11.4 Å². The van der Waals surface area contributed by atoms with E-state index >= 15 is 0 Å². The highest BCUT2D eigenvalue weighted by Gasteiger charge is 2.17. The molecular weight excluding hydrogens is 344 g/mol. The molecule has 2 aromatic carbocycles. The molecule has 0 saturated heterocycles. The molecule has 1 amide bonds. The molecule has 7 nitrogen and oxygen atoms in total. The predicted octanol–water partition coefficient (Wildman–Crippen LogP) is 3.85. The number of benzene rings is 2. The average molecular weight is 364 g/mol. The molecule has 1 atom stereocenters. The first-order valence-corrected chi connectivity index (χ1v) is 8.46. The van der Waals surface area contributed by atoms with Crippen LogP contribution in [0.15, 0.2) is 60.3 Å². The molecular formula is C20H20N4O3. The first-order chi connectivity index (χ1) is 13.0. The minimum Gasteiger partial charge on any atom is -0.383 e. The Kier molecular flexibility index (Phi) is 6.67. The van der Waals surface area contributed by atoms with Crippen molar-refractivity contribution < 1.29 is 9.72 Å². The van der Waals surface area contributed by atoms with Gasteiger partial charge in [-0.2, -0.15) is 5.26 Å². The van der Waals surface area contributed by atoms with Gasteiger partial charge in [-0.1, -0.05) is 43.3 Å². The molecule has 2 rings (SSSR count). The number of carbonyl (C=O) groups excluding carboxylic acids is 1. The highest BCUT2D eigenvalue weighted by molar-refractivity contribution is 6.07. The van der Waals surface area contributed by atoms with Gasteiger partial charge < -0.3 is 10.6 Å². The van der Waals surface area contributed by atoms with Crippen LogP contribution in [0.1, 0.15) is 31.0 Å². The minimum atomic E-state index is -0.715. The fourth-order valence-electron chi connectivity index (χ4n) is 2.42. The van der Waals surface area contributed by atoms with Crippen molar-refractivity contribution in [3.63, 3.8) is 0 Å². The lowest BCUT2D eigenvalue weighted by Gasteiger charge is -2.13. The number of nitrogens with zero attached hydrogens (tertiary/aromatic N) is 2. The van der Waals surface area contributed by atoms with Gasteiger partial charge >= 0.3 is 0 Å². The highest BCUT2D eigenvalue weighted by atomic mass is 16.6. The van der Waals surface area contributed by atoms with Crippen LogP contribution in [0.25, 0.3) is 0 Å². The number of amides is 1. The Morgan fingerprint density at radius 3 is 2.52 bits per heavy atom. The molecule has 7 heteroatoms. The summed E-state index contributed by atoms with van der Waals surface area (Å²) in [6.45, 7) is 3.99. The normalized spacial score (nSPS) is 12.0. The number of aryl methyl sites for hydroxylation is 1. The fourth-order valence-corrected chi connectivity index (χ4v) is 2.42. The third-order valence-corrected chi connectivity index (χ3v) is 4.08. The predicted molar refractivity (Wildman–Crippen MR) is 103 cm³/mol. The molecule has 0 bridgehead atoms. The van der Waals surface area contributed by atoms with Crippen molar-refractivity contribution in [2.75, 3.05) is 5.32 Å².